The van der Waals surface area contributed by atoms with Crippen molar-refractivity contribution in [1.29, 1.82) is 5.26 Å². The van der Waals surface area contributed by atoms with Crippen molar-refractivity contribution in [3.05, 3.63) is 105 Å². The smallest absolute Gasteiger partial charge is 0.0621 e. The van der Waals surface area contributed by atoms with Crippen LogP contribution in [0.5, 0.6) is 0 Å². The van der Waals surface area contributed by atoms with Gasteiger partial charge in [0.05, 0.1) is 6.07 Å². The second kappa shape index (κ2) is 32.8. The van der Waals surface area contributed by atoms with Crippen molar-refractivity contribution in [2.75, 3.05) is 0 Å². The maximum absolute atomic E-state index is 8.74. The Bertz CT molecular complexity index is 1280. The van der Waals surface area contributed by atoms with Crippen molar-refractivity contribution in [3.63, 3.8) is 0 Å². The zero-order valence-electron chi connectivity index (χ0n) is 36.4. The maximum Gasteiger partial charge on any atom is 0.0621 e. The van der Waals surface area contributed by atoms with Gasteiger partial charge in [-0.3, -0.25) is 0 Å². The average Bonchev–Trinajstić information content (AvgIpc) is 3.07. The van der Waals surface area contributed by atoms with E-state index in [2.05, 4.69) is 137 Å². The minimum Gasteiger partial charge on any atom is -0.198 e. The van der Waals surface area contributed by atoms with Crippen molar-refractivity contribution in [3.8, 4) is 6.07 Å². The summed E-state index contributed by atoms with van der Waals surface area (Å²) in [6.45, 7) is 25.0. The molecule has 0 amide bonds. The molecule has 1 heteroatoms. The van der Waals surface area contributed by atoms with E-state index in [4.69, 9.17) is 5.26 Å². The molecule has 0 radical (unpaired) electrons. The van der Waals surface area contributed by atoms with E-state index in [1.165, 1.54) is 114 Å². The molecule has 0 aliphatic carbocycles. The van der Waals surface area contributed by atoms with Gasteiger partial charge in [-0.15, -0.1) is 0 Å². The Morgan fingerprint density at radius 2 is 0.596 bits per heavy atom. The predicted octanol–water partition coefficient (Wildman–Crippen LogP) is 17.5. The van der Waals surface area contributed by atoms with Gasteiger partial charge in [-0.2, -0.15) is 5.26 Å². The van der Waals surface area contributed by atoms with Crippen LogP contribution >= 0.6 is 0 Å². The molecule has 0 saturated heterocycles. The van der Waals surface area contributed by atoms with Gasteiger partial charge in [0, 0.05) is 6.42 Å². The Morgan fingerprint density at radius 3 is 0.827 bits per heavy atom. The van der Waals surface area contributed by atoms with E-state index in [-0.39, 0.29) is 0 Å². The minimum atomic E-state index is 0.649. The molecular formula is C51H83N. The summed E-state index contributed by atoms with van der Waals surface area (Å²) < 4.78 is 0. The van der Waals surface area contributed by atoms with Gasteiger partial charge in [0.15, 0.2) is 0 Å². The van der Waals surface area contributed by atoms with E-state index in [0.717, 1.165) is 57.8 Å². The fourth-order valence-corrected chi connectivity index (χ4v) is 6.30. The molecule has 0 aromatic heterocycles. The topological polar surface area (TPSA) is 23.8 Å². The third-order valence-electron chi connectivity index (χ3n) is 10.2. The number of nitriles is 1. The Morgan fingerprint density at radius 1 is 0.365 bits per heavy atom. The largest absolute Gasteiger partial charge is 0.198 e. The second-order valence-electron chi connectivity index (χ2n) is 16.4. The summed E-state index contributed by atoms with van der Waals surface area (Å²) in [7, 11) is 0. The first-order valence-electron chi connectivity index (χ1n) is 21.1. The van der Waals surface area contributed by atoms with Gasteiger partial charge in [-0.05, 0) is 197 Å². The van der Waals surface area contributed by atoms with Gasteiger partial charge in [0.25, 0.3) is 0 Å². The molecule has 0 bridgehead atoms. The summed E-state index contributed by atoms with van der Waals surface area (Å²) in [5.74, 6) is 0.649. The molecule has 0 rings (SSSR count). The molecule has 1 atom stereocenters. The van der Waals surface area contributed by atoms with Crippen LogP contribution in [-0.2, 0) is 0 Å². The zero-order valence-corrected chi connectivity index (χ0v) is 36.4. The lowest BCUT2D eigenvalue weighted by Crippen LogP contribution is -1.93. The number of hydrogen-bond donors (Lipinski definition) is 0. The molecule has 0 aliphatic heterocycles. The first kappa shape index (κ1) is 49.1. The monoisotopic (exact) mass is 710 g/mol. The van der Waals surface area contributed by atoms with Crippen molar-refractivity contribution in [2.45, 2.75) is 205 Å². The van der Waals surface area contributed by atoms with Crippen LogP contribution < -0.4 is 0 Å². The molecule has 292 valence electrons. The predicted molar refractivity (Wildman–Crippen MR) is 237 cm³/mol. The first-order chi connectivity index (χ1) is 24.8. The Hall–Kier alpha value is -2.85. The fourth-order valence-electron chi connectivity index (χ4n) is 6.30. The molecule has 0 spiro atoms. The molecule has 0 N–H and O–H groups in total. The van der Waals surface area contributed by atoms with Crippen LogP contribution in [0.2, 0.25) is 0 Å². The summed E-state index contributed by atoms with van der Waals surface area (Å²) in [6, 6.07) is 2.26. The van der Waals surface area contributed by atoms with Crippen LogP contribution in [0.4, 0.5) is 0 Å². The lowest BCUT2D eigenvalue weighted by atomic mass is 9.99. The highest BCUT2D eigenvalue weighted by atomic mass is 14.2. The number of hydrogen-bond acceptors (Lipinski definition) is 1. The molecule has 52 heavy (non-hydrogen) atoms. The molecule has 0 saturated carbocycles. The van der Waals surface area contributed by atoms with Crippen molar-refractivity contribution >= 4 is 0 Å². The third kappa shape index (κ3) is 33.0. The van der Waals surface area contributed by atoms with E-state index in [9.17, 15) is 0 Å². The molecule has 0 aromatic rings. The quantitative estimate of drug-likeness (QED) is 0.0709. The average molecular weight is 710 g/mol. The van der Waals surface area contributed by atoms with Crippen LogP contribution in [0.3, 0.4) is 0 Å². The van der Waals surface area contributed by atoms with Gasteiger partial charge in [0.1, 0.15) is 0 Å². The second-order valence-corrected chi connectivity index (χ2v) is 16.4. The van der Waals surface area contributed by atoms with Crippen LogP contribution in [0.15, 0.2) is 105 Å². The summed E-state index contributed by atoms with van der Waals surface area (Å²) in [4.78, 5) is 0. The van der Waals surface area contributed by atoms with Gasteiger partial charge >= 0.3 is 0 Å². The molecule has 0 aliphatic rings. The minimum absolute atomic E-state index is 0.649. The maximum atomic E-state index is 8.74. The van der Waals surface area contributed by atoms with E-state index >= 15 is 0 Å². The van der Waals surface area contributed by atoms with Crippen molar-refractivity contribution in [2.24, 2.45) is 5.92 Å². The molecule has 0 heterocycles. The lowest BCUT2D eigenvalue weighted by molar-refractivity contribution is 0.503. The molecule has 1 unspecified atom stereocenters. The summed E-state index contributed by atoms with van der Waals surface area (Å²) in [6.07, 6.45) is 44.6. The van der Waals surface area contributed by atoms with Crippen molar-refractivity contribution < 1.29 is 0 Å². The van der Waals surface area contributed by atoms with Crippen LogP contribution in [-0.4, -0.2) is 0 Å². The van der Waals surface area contributed by atoms with Gasteiger partial charge in [-0.1, -0.05) is 112 Å². The van der Waals surface area contributed by atoms with Crippen LogP contribution in [0, 0.1) is 17.2 Å². The zero-order chi connectivity index (χ0) is 39.0. The van der Waals surface area contributed by atoms with Crippen molar-refractivity contribution in [1.82, 2.24) is 0 Å². The number of rotatable bonds is 29. The van der Waals surface area contributed by atoms with E-state index in [1.807, 2.05) is 0 Å². The molecular weight excluding hydrogens is 627 g/mol. The Balaban J connectivity index is 4.23. The van der Waals surface area contributed by atoms with Gasteiger partial charge < -0.3 is 0 Å². The normalized spacial score (nSPS) is 14.9. The highest BCUT2D eigenvalue weighted by Gasteiger charge is 2.01. The van der Waals surface area contributed by atoms with Crippen LogP contribution in [0.1, 0.15) is 205 Å². The highest BCUT2D eigenvalue weighted by Crippen LogP contribution is 2.19. The number of nitrogens with zero attached hydrogens (tertiary/aromatic N) is 1. The van der Waals surface area contributed by atoms with E-state index in [1.54, 1.807) is 0 Å². The summed E-state index contributed by atoms with van der Waals surface area (Å²) >= 11 is 0. The van der Waals surface area contributed by atoms with Gasteiger partial charge in [0.2, 0.25) is 0 Å². The summed E-state index contributed by atoms with van der Waals surface area (Å²) in [5, 5.41) is 8.74. The molecule has 0 aromatic carbocycles. The SMILES string of the molecule is CC(C)=CCC/C(C)=C/CC/C(C)=C/CC/C(C)=C/CC/C(C)=C/CC/C(C)=C/CC/C(C)=C/CC/C(C)=C/CC/C(C)=C/CCC(C)CCC#N. The first-order valence-corrected chi connectivity index (χ1v) is 21.1. The van der Waals surface area contributed by atoms with Gasteiger partial charge in [-0.25, -0.2) is 0 Å². The number of allylic oxidation sites excluding steroid dienone is 18. The highest BCUT2D eigenvalue weighted by molar-refractivity contribution is 5.10. The standard InChI is InChI=1S/C51H83N/c1-42(2)22-12-23-43(3)24-13-25-44(4)26-14-27-45(5)28-15-29-46(6)30-16-31-47(7)32-17-33-48(8)34-18-35-49(9)36-19-37-50(10)38-20-39-51(11)40-21-41-52/h22,24,26,28,30,32,34,36,38,51H,12-21,23,25,27,29,31,33,35,37,39-40H2,1-11H3/b43-24+,44-26+,45-28+,46-30+,47-32+,48-34+,49-36+,50-38+. The third-order valence-corrected chi connectivity index (χ3v) is 10.2. The summed E-state index contributed by atoms with van der Waals surface area (Å²) in [5.41, 5.74) is 13.6. The Kier molecular flexibility index (Phi) is 31.0. The fraction of sp³-hybridized carbons (Fsp3) is 0.627. The van der Waals surface area contributed by atoms with Crippen LogP contribution in [0.25, 0.3) is 0 Å². The molecule has 1 nitrogen and oxygen atoms in total. The Labute approximate surface area is 325 Å². The van der Waals surface area contributed by atoms with E-state index in [0.29, 0.717) is 12.3 Å². The van der Waals surface area contributed by atoms with E-state index < -0.39 is 0 Å². The lowest BCUT2D eigenvalue weighted by Gasteiger charge is -2.07. The molecule has 0 fully saturated rings.